The second-order valence-corrected chi connectivity index (χ2v) is 7.56. The van der Waals surface area contributed by atoms with E-state index in [-0.39, 0.29) is 19.1 Å². The molecule has 1 heterocycles. The molecule has 1 atom stereocenters. The summed E-state index contributed by atoms with van der Waals surface area (Å²) in [7, 11) is 1.60. The maximum absolute atomic E-state index is 12.5. The molecule has 1 unspecified atom stereocenters. The summed E-state index contributed by atoms with van der Waals surface area (Å²) in [4.78, 5) is 36.2. The average molecular weight is 450 g/mol. The van der Waals surface area contributed by atoms with Crippen LogP contribution in [0.15, 0.2) is 48.5 Å². The first-order valence-electron chi connectivity index (χ1n) is 10.3. The van der Waals surface area contributed by atoms with Gasteiger partial charge in [-0.25, -0.2) is 9.48 Å². The summed E-state index contributed by atoms with van der Waals surface area (Å²) in [5, 5.41) is 24.9. The molecule has 2 amide bonds. The maximum atomic E-state index is 12.5. The van der Waals surface area contributed by atoms with Gasteiger partial charge < -0.3 is 20.5 Å². The number of carboxylic acids is 1. The number of rotatable bonds is 8. The number of amides is 2. The highest BCUT2D eigenvalue weighted by Crippen LogP contribution is 2.44. The maximum Gasteiger partial charge on any atom is 0.407 e. The van der Waals surface area contributed by atoms with Crippen LogP contribution in [-0.2, 0) is 27.9 Å². The lowest BCUT2D eigenvalue weighted by Gasteiger charge is -2.18. The third-order valence-electron chi connectivity index (χ3n) is 5.46. The number of carbonyl (C=O) groups is 3. The number of alkyl carbamates (subject to hydrolysis) is 1. The molecule has 0 aliphatic heterocycles. The molecule has 1 aromatic heterocycles. The fourth-order valence-corrected chi connectivity index (χ4v) is 3.85. The molecule has 0 radical (unpaired) electrons. The molecule has 0 saturated heterocycles. The van der Waals surface area contributed by atoms with Gasteiger partial charge in [-0.2, -0.15) is 0 Å². The first-order valence-corrected chi connectivity index (χ1v) is 10.3. The van der Waals surface area contributed by atoms with Gasteiger partial charge in [0.1, 0.15) is 12.6 Å². The number of aromatic nitrogens is 4. The van der Waals surface area contributed by atoms with Crippen molar-refractivity contribution in [2.24, 2.45) is 7.05 Å². The molecule has 11 nitrogen and oxygen atoms in total. The van der Waals surface area contributed by atoms with Crippen molar-refractivity contribution in [3.8, 4) is 11.1 Å². The van der Waals surface area contributed by atoms with Crippen LogP contribution >= 0.6 is 0 Å². The van der Waals surface area contributed by atoms with Gasteiger partial charge >= 0.3 is 12.1 Å². The zero-order valence-corrected chi connectivity index (χ0v) is 17.8. The molecular weight excluding hydrogens is 428 g/mol. The van der Waals surface area contributed by atoms with Crippen LogP contribution in [0.4, 0.5) is 4.79 Å². The number of nitrogens with zero attached hydrogens (tertiary/aromatic N) is 4. The topological polar surface area (TPSA) is 148 Å². The molecule has 33 heavy (non-hydrogen) atoms. The van der Waals surface area contributed by atoms with Gasteiger partial charge in [0.25, 0.3) is 0 Å². The van der Waals surface area contributed by atoms with Crippen molar-refractivity contribution in [1.29, 1.82) is 0 Å². The Morgan fingerprint density at radius 3 is 2.30 bits per heavy atom. The first-order chi connectivity index (χ1) is 15.9. The van der Waals surface area contributed by atoms with Crippen LogP contribution in [0.25, 0.3) is 11.1 Å². The number of hydrogen-bond acceptors (Lipinski definition) is 7. The van der Waals surface area contributed by atoms with E-state index in [2.05, 4.69) is 26.2 Å². The van der Waals surface area contributed by atoms with E-state index in [4.69, 9.17) is 9.84 Å². The van der Waals surface area contributed by atoms with Gasteiger partial charge in [0.15, 0.2) is 5.82 Å². The van der Waals surface area contributed by atoms with E-state index in [1.807, 2.05) is 48.5 Å². The van der Waals surface area contributed by atoms with E-state index in [0.717, 1.165) is 22.3 Å². The molecule has 0 spiro atoms. The van der Waals surface area contributed by atoms with Crippen molar-refractivity contribution in [3.63, 3.8) is 0 Å². The summed E-state index contributed by atoms with van der Waals surface area (Å²) in [5.74, 6) is -1.71. The molecular formula is C22H22N6O5. The van der Waals surface area contributed by atoms with E-state index >= 15 is 0 Å². The minimum Gasteiger partial charge on any atom is -0.481 e. The molecule has 0 saturated carbocycles. The number of hydrogen-bond donors (Lipinski definition) is 3. The Morgan fingerprint density at radius 2 is 1.73 bits per heavy atom. The van der Waals surface area contributed by atoms with Gasteiger partial charge in [-0.05, 0) is 32.7 Å². The number of aryl methyl sites for hydroxylation is 1. The van der Waals surface area contributed by atoms with Crippen LogP contribution in [0.3, 0.4) is 0 Å². The summed E-state index contributed by atoms with van der Waals surface area (Å²) >= 11 is 0. The Labute approximate surface area is 188 Å². The summed E-state index contributed by atoms with van der Waals surface area (Å²) in [6, 6.07) is 14.5. The predicted octanol–water partition coefficient (Wildman–Crippen LogP) is 1.21. The van der Waals surface area contributed by atoms with Crippen molar-refractivity contribution < 1.29 is 24.2 Å². The second-order valence-electron chi connectivity index (χ2n) is 7.56. The number of nitrogens with one attached hydrogen (secondary N) is 2. The summed E-state index contributed by atoms with van der Waals surface area (Å²) in [5.41, 5.74) is 4.26. The van der Waals surface area contributed by atoms with Crippen LogP contribution < -0.4 is 10.6 Å². The highest BCUT2D eigenvalue weighted by atomic mass is 16.5. The smallest absolute Gasteiger partial charge is 0.407 e. The monoisotopic (exact) mass is 450 g/mol. The molecule has 0 bridgehead atoms. The van der Waals surface area contributed by atoms with Gasteiger partial charge in [-0.3, -0.25) is 9.59 Å². The summed E-state index contributed by atoms with van der Waals surface area (Å²) < 4.78 is 6.78. The predicted molar refractivity (Wildman–Crippen MR) is 115 cm³/mol. The van der Waals surface area contributed by atoms with E-state index < -0.39 is 30.4 Å². The number of aliphatic carboxylic acids is 1. The van der Waals surface area contributed by atoms with Crippen LogP contribution in [0.2, 0.25) is 0 Å². The number of carbonyl (C=O) groups excluding carboxylic acids is 2. The minimum atomic E-state index is -1.32. The Morgan fingerprint density at radius 1 is 1.09 bits per heavy atom. The molecule has 3 N–H and O–H groups in total. The Kier molecular flexibility index (Phi) is 6.29. The zero-order chi connectivity index (χ0) is 23.4. The van der Waals surface area contributed by atoms with Gasteiger partial charge in [0, 0.05) is 13.0 Å². The molecule has 3 aromatic rings. The lowest BCUT2D eigenvalue weighted by molar-refractivity contribution is -0.139. The van der Waals surface area contributed by atoms with Crippen molar-refractivity contribution in [2.45, 2.75) is 24.9 Å². The van der Waals surface area contributed by atoms with Gasteiger partial charge in [0.05, 0.1) is 13.0 Å². The summed E-state index contributed by atoms with van der Waals surface area (Å²) in [6.45, 7) is 0.0245. The number of benzene rings is 2. The normalized spacial score (nSPS) is 13.0. The fourth-order valence-electron chi connectivity index (χ4n) is 3.85. The average Bonchev–Trinajstić information content (AvgIpc) is 3.36. The fraction of sp³-hybridized carbons (Fsp3) is 0.273. The van der Waals surface area contributed by atoms with E-state index in [0.29, 0.717) is 5.82 Å². The van der Waals surface area contributed by atoms with Crippen LogP contribution in [-0.4, -0.2) is 55.9 Å². The van der Waals surface area contributed by atoms with Gasteiger partial charge in [0.2, 0.25) is 5.91 Å². The molecule has 4 rings (SSSR count). The standard InChI is InChI=1S/C22H22N6O5/c1-28-19(25-26-27-28)11-23-21(31)18(10-20(29)30)24-22(32)33-12-17-15-8-4-2-6-13(15)14-7-3-5-9-16(14)17/h2-9,17-18H,10-12H2,1H3,(H,23,31)(H,24,32)(H,29,30). The second kappa shape index (κ2) is 9.47. The van der Waals surface area contributed by atoms with Crippen LogP contribution in [0.1, 0.15) is 29.3 Å². The molecule has 0 fully saturated rings. The molecule has 11 heteroatoms. The van der Waals surface area contributed by atoms with E-state index in [1.54, 1.807) is 7.05 Å². The molecule has 2 aromatic carbocycles. The first kappa shape index (κ1) is 21.9. The van der Waals surface area contributed by atoms with Gasteiger partial charge in [-0.15, -0.1) is 5.10 Å². The lowest BCUT2D eigenvalue weighted by Crippen LogP contribution is -2.48. The third kappa shape index (κ3) is 4.81. The number of tetrazole rings is 1. The molecule has 1 aliphatic rings. The van der Waals surface area contributed by atoms with E-state index in [1.165, 1.54) is 4.68 Å². The SMILES string of the molecule is Cn1nnnc1CNC(=O)C(CC(=O)O)NC(=O)OCC1c2ccccc2-c2ccccc21. The third-order valence-corrected chi connectivity index (χ3v) is 5.46. The molecule has 1 aliphatic carbocycles. The Bertz CT molecular complexity index is 1150. The molecule has 170 valence electrons. The van der Waals surface area contributed by atoms with Crippen molar-refractivity contribution in [1.82, 2.24) is 30.8 Å². The Balaban J connectivity index is 1.39. The highest BCUT2D eigenvalue weighted by Gasteiger charge is 2.30. The highest BCUT2D eigenvalue weighted by molar-refractivity contribution is 5.89. The minimum absolute atomic E-state index is 0.0230. The van der Waals surface area contributed by atoms with Crippen molar-refractivity contribution in [2.75, 3.05) is 6.61 Å². The number of ether oxygens (including phenoxy) is 1. The van der Waals surface area contributed by atoms with E-state index in [9.17, 15) is 14.4 Å². The Hall–Kier alpha value is -4.28. The van der Waals surface area contributed by atoms with Crippen LogP contribution in [0, 0.1) is 0 Å². The van der Waals surface area contributed by atoms with Crippen molar-refractivity contribution in [3.05, 3.63) is 65.5 Å². The number of fused-ring (bicyclic) bond motifs is 3. The summed E-state index contributed by atoms with van der Waals surface area (Å²) in [6.07, 6.45) is -1.48. The quantitative estimate of drug-likeness (QED) is 0.464. The largest absolute Gasteiger partial charge is 0.481 e. The van der Waals surface area contributed by atoms with Gasteiger partial charge in [-0.1, -0.05) is 48.5 Å². The zero-order valence-electron chi connectivity index (χ0n) is 17.8. The lowest BCUT2D eigenvalue weighted by atomic mass is 9.98. The van der Waals surface area contributed by atoms with Crippen LogP contribution in [0.5, 0.6) is 0 Å². The number of carboxylic acid groups (broad SMARTS) is 1. The van der Waals surface area contributed by atoms with Crippen molar-refractivity contribution >= 4 is 18.0 Å².